The molecule has 1 heterocycles. The molecule has 1 aliphatic heterocycles. The van der Waals surface area contributed by atoms with Crippen LogP contribution in [0, 0.1) is 6.92 Å². The molecule has 0 spiro atoms. The molecule has 2 aromatic rings. The summed E-state index contributed by atoms with van der Waals surface area (Å²) in [5, 5.41) is 5.78. The number of rotatable bonds is 4. The minimum atomic E-state index is -4.40. The molecule has 0 aromatic heterocycles. The number of carbonyl (C=O) groups is 1. The van der Waals surface area contributed by atoms with Crippen LogP contribution in [0.5, 0.6) is 0 Å². The maximum atomic E-state index is 12.7. The zero-order chi connectivity index (χ0) is 18.9. The monoisotopic (exact) mass is 362 g/mol. The lowest BCUT2D eigenvalue weighted by molar-refractivity contribution is -0.137. The lowest BCUT2D eigenvalue weighted by Gasteiger charge is -2.26. The van der Waals surface area contributed by atoms with Crippen LogP contribution in [0.15, 0.2) is 47.6 Å². The maximum Gasteiger partial charge on any atom is 0.416 e. The van der Waals surface area contributed by atoms with Crippen LogP contribution in [0.25, 0.3) is 0 Å². The number of hydrogen-bond acceptors (Lipinski definition) is 5. The third-order valence-corrected chi connectivity index (χ3v) is 4.21. The van der Waals surface area contributed by atoms with Crippen molar-refractivity contribution in [2.24, 2.45) is 5.10 Å². The lowest BCUT2D eigenvalue weighted by Crippen LogP contribution is -2.40. The van der Waals surface area contributed by atoms with Gasteiger partial charge in [-0.2, -0.15) is 18.3 Å². The van der Waals surface area contributed by atoms with Gasteiger partial charge in [0.05, 0.1) is 12.1 Å². The second-order valence-electron chi connectivity index (χ2n) is 6.02. The number of nitrogen functional groups attached to an aromatic ring is 1. The molecule has 1 unspecified atom stereocenters. The Morgan fingerprint density at radius 1 is 1.19 bits per heavy atom. The van der Waals surface area contributed by atoms with Gasteiger partial charge in [-0.25, -0.2) is 0 Å². The Balaban J connectivity index is 1.78. The van der Waals surface area contributed by atoms with E-state index in [1.54, 1.807) is 11.1 Å². The van der Waals surface area contributed by atoms with Crippen molar-refractivity contribution in [1.82, 2.24) is 5.01 Å². The highest BCUT2D eigenvalue weighted by Gasteiger charge is 2.32. The van der Waals surface area contributed by atoms with Gasteiger partial charge in [-0.3, -0.25) is 9.80 Å². The molecule has 26 heavy (non-hydrogen) atoms. The average molecular weight is 362 g/mol. The minimum Gasteiger partial charge on any atom is -0.399 e. The van der Waals surface area contributed by atoms with E-state index in [0.717, 1.165) is 23.3 Å². The molecule has 0 amide bonds. The van der Waals surface area contributed by atoms with Crippen molar-refractivity contribution in [3.63, 3.8) is 0 Å². The number of carbonyl (C=O) groups excluding carboxylic acids is 1. The summed E-state index contributed by atoms with van der Waals surface area (Å²) in [5.74, 6) is 0. The van der Waals surface area contributed by atoms with Crippen molar-refractivity contribution in [1.29, 1.82) is 0 Å². The summed E-state index contributed by atoms with van der Waals surface area (Å²) in [6.07, 6.45) is -2.99. The normalized spacial score (nSPS) is 17.0. The fourth-order valence-corrected chi connectivity index (χ4v) is 2.74. The van der Waals surface area contributed by atoms with E-state index in [1.807, 2.05) is 19.1 Å². The topological polar surface area (TPSA) is 61.9 Å². The third kappa shape index (κ3) is 3.49. The van der Waals surface area contributed by atoms with Crippen molar-refractivity contribution < 1.29 is 18.0 Å². The summed E-state index contributed by atoms with van der Waals surface area (Å²) >= 11 is 0. The zero-order valence-electron chi connectivity index (χ0n) is 13.9. The Labute approximate surface area is 148 Å². The first-order valence-corrected chi connectivity index (χ1v) is 7.86. The SMILES string of the molecule is Cc1cc(CN2N=CN(c3ccc(C(F)(F)F)cc3)C2C=O)ccc1N. The number of anilines is 2. The molecule has 3 rings (SSSR count). The molecule has 8 heteroatoms. The van der Waals surface area contributed by atoms with Crippen molar-refractivity contribution in [2.45, 2.75) is 25.8 Å². The third-order valence-electron chi connectivity index (χ3n) is 4.21. The average Bonchev–Trinajstić information content (AvgIpc) is 3.00. The molecule has 0 saturated heterocycles. The Bertz CT molecular complexity index is 833. The standard InChI is InChI=1S/C18H17F3N4O/c1-12-8-13(2-7-16(12)22)9-25-17(10-26)24(11-23-25)15-5-3-14(4-6-15)18(19,20)21/h2-8,10-11,17H,9,22H2,1H3. The largest absolute Gasteiger partial charge is 0.416 e. The molecule has 1 aliphatic rings. The molecule has 136 valence electrons. The molecule has 5 nitrogen and oxygen atoms in total. The number of hydrazone groups is 1. The smallest absolute Gasteiger partial charge is 0.399 e. The first-order valence-electron chi connectivity index (χ1n) is 7.86. The van der Waals surface area contributed by atoms with Crippen LogP contribution in [0.3, 0.4) is 0 Å². The molecule has 0 aliphatic carbocycles. The van der Waals surface area contributed by atoms with Crippen LogP contribution in [0.1, 0.15) is 16.7 Å². The number of aldehydes is 1. The molecular formula is C18H17F3N4O. The van der Waals surface area contributed by atoms with Crippen LogP contribution in [0.2, 0.25) is 0 Å². The summed E-state index contributed by atoms with van der Waals surface area (Å²) in [5.41, 5.74) is 8.04. The van der Waals surface area contributed by atoms with E-state index in [4.69, 9.17) is 5.73 Å². The summed E-state index contributed by atoms with van der Waals surface area (Å²) < 4.78 is 38.1. The zero-order valence-corrected chi connectivity index (χ0v) is 13.9. The second kappa shape index (κ2) is 6.70. The van der Waals surface area contributed by atoms with Crippen LogP contribution < -0.4 is 10.6 Å². The van der Waals surface area contributed by atoms with Crippen LogP contribution in [0.4, 0.5) is 24.5 Å². The fourth-order valence-electron chi connectivity index (χ4n) is 2.74. The number of benzene rings is 2. The summed E-state index contributed by atoms with van der Waals surface area (Å²) in [4.78, 5) is 13.1. The number of alkyl halides is 3. The van der Waals surface area contributed by atoms with E-state index in [1.165, 1.54) is 23.4 Å². The second-order valence-corrected chi connectivity index (χ2v) is 6.02. The van der Waals surface area contributed by atoms with Crippen molar-refractivity contribution in [2.75, 3.05) is 10.6 Å². The first-order chi connectivity index (χ1) is 12.3. The number of aryl methyl sites for hydroxylation is 1. The van der Waals surface area contributed by atoms with Gasteiger partial charge < -0.3 is 10.6 Å². The van der Waals surface area contributed by atoms with E-state index in [9.17, 15) is 18.0 Å². The van der Waals surface area contributed by atoms with E-state index >= 15 is 0 Å². The predicted octanol–water partition coefficient (Wildman–Crippen LogP) is 3.39. The van der Waals surface area contributed by atoms with Gasteiger partial charge in [0, 0.05) is 11.4 Å². The van der Waals surface area contributed by atoms with Gasteiger partial charge in [0.2, 0.25) is 0 Å². The van der Waals surface area contributed by atoms with Gasteiger partial charge in [0.15, 0.2) is 12.5 Å². The quantitative estimate of drug-likeness (QED) is 0.669. The van der Waals surface area contributed by atoms with Crippen molar-refractivity contribution in [3.8, 4) is 0 Å². The highest BCUT2D eigenvalue weighted by atomic mass is 19.4. The molecule has 2 N–H and O–H groups in total. The van der Waals surface area contributed by atoms with Gasteiger partial charge >= 0.3 is 6.18 Å². The molecule has 2 aromatic carbocycles. The van der Waals surface area contributed by atoms with Crippen molar-refractivity contribution >= 4 is 24.0 Å². The summed E-state index contributed by atoms with van der Waals surface area (Å²) in [6, 6.07) is 10.2. The number of halogens is 3. The lowest BCUT2D eigenvalue weighted by atomic mass is 10.1. The summed E-state index contributed by atoms with van der Waals surface area (Å²) in [7, 11) is 0. The molecular weight excluding hydrogens is 345 g/mol. The van der Waals surface area contributed by atoms with Gasteiger partial charge in [0.25, 0.3) is 0 Å². The van der Waals surface area contributed by atoms with E-state index in [-0.39, 0.29) is 0 Å². The Morgan fingerprint density at radius 2 is 1.88 bits per heavy atom. The summed E-state index contributed by atoms with van der Waals surface area (Å²) in [6.45, 7) is 2.26. The van der Waals surface area contributed by atoms with Gasteiger partial charge in [-0.15, -0.1) is 0 Å². The molecule has 0 fully saturated rings. The Hall–Kier alpha value is -3.03. The van der Waals surface area contributed by atoms with Gasteiger partial charge in [-0.05, 0) is 48.4 Å². The maximum absolute atomic E-state index is 12.7. The van der Waals surface area contributed by atoms with Gasteiger partial charge in [-0.1, -0.05) is 12.1 Å². The predicted molar refractivity (Wildman–Crippen MR) is 93.4 cm³/mol. The molecule has 0 radical (unpaired) electrons. The van der Waals surface area contributed by atoms with E-state index in [2.05, 4.69) is 5.10 Å². The Kier molecular flexibility index (Phi) is 4.58. The minimum absolute atomic E-state index is 0.373. The highest BCUT2D eigenvalue weighted by molar-refractivity contribution is 5.87. The van der Waals surface area contributed by atoms with Gasteiger partial charge in [0.1, 0.15) is 6.34 Å². The molecule has 0 bridgehead atoms. The van der Waals surface area contributed by atoms with E-state index < -0.39 is 17.9 Å². The van der Waals surface area contributed by atoms with Crippen LogP contribution in [-0.2, 0) is 17.5 Å². The fraction of sp³-hybridized carbons (Fsp3) is 0.222. The van der Waals surface area contributed by atoms with Crippen LogP contribution >= 0.6 is 0 Å². The first kappa shape index (κ1) is 17.8. The number of hydrogen-bond donors (Lipinski definition) is 1. The molecule has 1 atom stereocenters. The highest BCUT2D eigenvalue weighted by Crippen LogP contribution is 2.31. The number of nitrogens with two attached hydrogens (primary N) is 1. The number of nitrogens with zero attached hydrogens (tertiary/aromatic N) is 3. The van der Waals surface area contributed by atoms with Crippen LogP contribution in [-0.4, -0.2) is 23.8 Å². The van der Waals surface area contributed by atoms with Crippen molar-refractivity contribution in [3.05, 3.63) is 59.2 Å². The molecule has 0 saturated carbocycles. The van der Waals surface area contributed by atoms with E-state index in [0.29, 0.717) is 24.2 Å². The Morgan fingerprint density at radius 3 is 2.46 bits per heavy atom.